The zero-order chi connectivity index (χ0) is 10.6. The van der Waals surface area contributed by atoms with Crippen molar-refractivity contribution in [1.29, 1.82) is 0 Å². The second kappa shape index (κ2) is 4.98. The molecule has 0 spiro atoms. The Morgan fingerprint density at radius 2 is 2.14 bits per heavy atom. The summed E-state index contributed by atoms with van der Waals surface area (Å²) >= 11 is 0. The molecular weight excluding hydrogens is 176 g/mol. The van der Waals surface area contributed by atoms with Crippen molar-refractivity contribution >= 4 is 0 Å². The number of hydrazine groups is 1. The van der Waals surface area contributed by atoms with Crippen molar-refractivity contribution in [3.8, 4) is 5.75 Å². The molecule has 0 aliphatic rings. The van der Waals surface area contributed by atoms with Gasteiger partial charge in [0.15, 0.2) is 0 Å². The van der Waals surface area contributed by atoms with Crippen LogP contribution in [-0.4, -0.2) is 12.6 Å². The Labute approximate surface area is 85.2 Å². The second-order valence-electron chi connectivity index (χ2n) is 3.58. The van der Waals surface area contributed by atoms with Crippen LogP contribution < -0.4 is 16.0 Å². The Kier molecular flexibility index (Phi) is 3.92. The molecule has 0 heterocycles. The molecule has 14 heavy (non-hydrogen) atoms. The lowest BCUT2D eigenvalue weighted by atomic mass is 10.1. The van der Waals surface area contributed by atoms with Crippen molar-refractivity contribution < 1.29 is 4.74 Å². The number of nitrogens with two attached hydrogens (primary N) is 1. The van der Waals surface area contributed by atoms with Crippen LogP contribution in [0.25, 0.3) is 0 Å². The number of aryl methyl sites for hydroxylation is 1. The molecule has 1 aromatic rings. The molecule has 0 aliphatic heterocycles. The molecule has 78 valence electrons. The van der Waals surface area contributed by atoms with E-state index in [9.17, 15) is 0 Å². The van der Waals surface area contributed by atoms with Crippen molar-refractivity contribution in [1.82, 2.24) is 5.43 Å². The topological polar surface area (TPSA) is 47.3 Å². The molecule has 3 nitrogen and oxygen atoms in total. The Morgan fingerprint density at radius 3 is 2.79 bits per heavy atom. The third kappa shape index (κ3) is 2.72. The van der Waals surface area contributed by atoms with Gasteiger partial charge in [0.25, 0.3) is 0 Å². The SMILES string of the molecule is Cc1cccc(OCC(C)NN)c1C. The maximum atomic E-state index is 5.63. The largest absolute Gasteiger partial charge is 0.492 e. The van der Waals surface area contributed by atoms with Gasteiger partial charge in [-0.1, -0.05) is 12.1 Å². The number of benzene rings is 1. The van der Waals surface area contributed by atoms with Crippen molar-refractivity contribution in [3.05, 3.63) is 29.3 Å². The van der Waals surface area contributed by atoms with Crippen LogP contribution in [0.2, 0.25) is 0 Å². The molecule has 0 radical (unpaired) electrons. The quantitative estimate of drug-likeness (QED) is 0.564. The third-order valence-electron chi connectivity index (χ3n) is 2.33. The highest BCUT2D eigenvalue weighted by atomic mass is 16.5. The van der Waals surface area contributed by atoms with Crippen LogP contribution in [0.3, 0.4) is 0 Å². The molecule has 0 saturated carbocycles. The van der Waals surface area contributed by atoms with Gasteiger partial charge in [-0.25, -0.2) is 0 Å². The van der Waals surface area contributed by atoms with Gasteiger partial charge in [-0.3, -0.25) is 11.3 Å². The first kappa shape index (κ1) is 11.0. The molecule has 1 aromatic carbocycles. The first-order chi connectivity index (χ1) is 6.65. The summed E-state index contributed by atoms with van der Waals surface area (Å²) in [7, 11) is 0. The van der Waals surface area contributed by atoms with Crippen LogP contribution in [0.1, 0.15) is 18.1 Å². The van der Waals surface area contributed by atoms with Crippen LogP contribution in [0.5, 0.6) is 5.75 Å². The zero-order valence-corrected chi connectivity index (χ0v) is 9.00. The summed E-state index contributed by atoms with van der Waals surface area (Å²) < 4.78 is 5.63. The standard InChI is InChI=1S/C11H18N2O/c1-8-5-4-6-11(10(8)3)14-7-9(2)13-12/h4-6,9,13H,7,12H2,1-3H3. The van der Waals surface area contributed by atoms with E-state index in [2.05, 4.69) is 25.3 Å². The van der Waals surface area contributed by atoms with E-state index in [0.717, 1.165) is 5.75 Å². The fourth-order valence-electron chi connectivity index (χ4n) is 1.14. The fraction of sp³-hybridized carbons (Fsp3) is 0.455. The summed E-state index contributed by atoms with van der Waals surface area (Å²) in [6.07, 6.45) is 0. The van der Waals surface area contributed by atoms with Gasteiger partial charge in [-0.15, -0.1) is 0 Å². The molecule has 0 fully saturated rings. The van der Waals surface area contributed by atoms with Crippen molar-refractivity contribution in [2.75, 3.05) is 6.61 Å². The smallest absolute Gasteiger partial charge is 0.122 e. The molecular formula is C11H18N2O. The van der Waals surface area contributed by atoms with E-state index in [-0.39, 0.29) is 6.04 Å². The van der Waals surface area contributed by atoms with Gasteiger partial charge >= 0.3 is 0 Å². The highest BCUT2D eigenvalue weighted by Gasteiger charge is 2.03. The van der Waals surface area contributed by atoms with Crippen molar-refractivity contribution in [2.45, 2.75) is 26.8 Å². The van der Waals surface area contributed by atoms with E-state index >= 15 is 0 Å². The van der Waals surface area contributed by atoms with Crippen LogP contribution in [0.15, 0.2) is 18.2 Å². The van der Waals surface area contributed by atoms with E-state index in [4.69, 9.17) is 10.6 Å². The summed E-state index contributed by atoms with van der Waals surface area (Å²) in [5, 5.41) is 0. The lowest BCUT2D eigenvalue weighted by Crippen LogP contribution is -2.37. The molecule has 0 saturated heterocycles. The molecule has 1 atom stereocenters. The predicted octanol–water partition coefficient (Wildman–Crippen LogP) is 1.53. The summed E-state index contributed by atoms with van der Waals surface area (Å²) in [5.74, 6) is 6.21. The number of hydrogen-bond donors (Lipinski definition) is 2. The Balaban J connectivity index is 2.63. The maximum absolute atomic E-state index is 5.63. The molecule has 1 unspecified atom stereocenters. The Morgan fingerprint density at radius 1 is 1.43 bits per heavy atom. The molecule has 1 rings (SSSR count). The van der Waals surface area contributed by atoms with Crippen LogP contribution >= 0.6 is 0 Å². The minimum atomic E-state index is 0.162. The lowest BCUT2D eigenvalue weighted by molar-refractivity contribution is 0.273. The number of nitrogens with one attached hydrogen (secondary N) is 1. The molecule has 0 aliphatic carbocycles. The predicted molar refractivity (Wildman–Crippen MR) is 58.2 cm³/mol. The van der Waals surface area contributed by atoms with Crippen LogP contribution in [-0.2, 0) is 0 Å². The second-order valence-corrected chi connectivity index (χ2v) is 3.58. The highest BCUT2D eigenvalue weighted by molar-refractivity contribution is 5.38. The average molecular weight is 194 g/mol. The van der Waals surface area contributed by atoms with Gasteiger partial charge in [0.05, 0.1) is 6.04 Å². The summed E-state index contributed by atoms with van der Waals surface area (Å²) in [6.45, 7) is 6.70. The minimum absolute atomic E-state index is 0.162. The van der Waals surface area contributed by atoms with Crippen molar-refractivity contribution in [2.24, 2.45) is 5.84 Å². The Bertz CT molecular complexity index is 299. The van der Waals surface area contributed by atoms with Crippen molar-refractivity contribution in [3.63, 3.8) is 0 Å². The minimum Gasteiger partial charge on any atom is -0.492 e. The number of ether oxygens (including phenoxy) is 1. The Hall–Kier alpha value is -1.06. The van der Waals surface area contributed by atoms with Gasteiger partial charge in [0.1, 0.15) is 12.4 Å². The highest BCUT2D eigenvalue weighted by Crippen LogP contribution is 2.20. The average Bonchev–Trinajstić information content (AvgIpc) is 2.20. The fourth-order valence-corrected chi connectivity index (χ4v) is 1.14. The molecule has 3 N–H and O–H groups in total. The van der Waals surface area contributed by atoms with E-state index < -0.39 is 0 Å². The van der Waals surface area contributed by atoms with E-state index in [1.807, 2.05) is 19.1 Å². The monoisotopic (exact) mass is 194 g/mol. The van der Waals surface area contributed by atoms with Gasteiger partial charge in [0.2, 0.25) is 0 Å². The normalized spacial score (nSPS) is 12.6. The van der Waals surface area contributed by atoms with Crippen LogP contribution in [0, 0.1) is 13.8 Å². The lowest BCUT2D eigenvalue weighted by Gasteiger charge is -2.14. The summed E-state index contributed by atoms with van der Waals surface area (Å²) in [5.41, 5.74) is 5.08. The van der Waals surface area contributed by atoms with Crippen LogP contribution in [0.4, 0.5) is 0 Å². The molecule has 0 aromatic heterocycles. The number of hydrogen-bond acceptors (Lipinski definition) is 3. The van der Waals surface area contributed by atoms with Gasteiger partial charge in [-0.2, -0.15) is 0 Å². The third-order valence-corrected chi connectivity index (χ3v) is 2.33. The van der Waals surface area contributed by atoms with Gasteiger partial charge in [-0.05, 0) is 38.0 Å². The molecule has 0 bridgehead atoms. The van der Waals surface area contributed by atoms with Gasteiger partial charge < -0.3 is 4.74 Å². The number of rotatable bonds is 4. The van der Waals surface area contributed by atoms with E-state index in [1.165, 1.54) is 11.1 Å². The first-order valence-electron chi connectivity index (χ1n) is 4.80. The summed E-state index contributed by atoms with van der Waals surface area (Å²) in [4.78, 5) is 0. The van der Waals surface area contributed by atoms with E-state index in [0.29, 0.717) is 6.61 Å². The van der Waals surface area contributed by atoms with E-state index in [1.54, 1.807) is 0 Å². The maximum Gasteiger partial charge on any atom is 0.122 e. The first-order valence-corrected chi connectivity index (χ1v) is 4.80. The van der Waals surface area contributed by atoms with Gasteiger partial charge in [0, 0.05) is 0 Å². The zero-order valence-electron chi connectivity index (χ0n) is 9.00. The molecule has 3 heteroatoms. The summed E-state index contributed by atoms with van der Waals surface area (Å²) in [6, 6.07) is 6.21. The molecule has 0 amide bonds.